The van der Waals surface area contributed by atoms with E-state index in [-0.39, 0.29) is 0 Å². The number of unbranched alkanes of at least 4 members (excludes halogenated alkanes) is 5. The molecule has 0 aliphatic heterocycles. The van der Waals surface area contributed by atoms with Gasteiger partial charge < -0.3 is 5.32 Å². The average molecular weight is 646 g/mol. The van der Waals surface area contributed by atoms with E-state index in [4.69, 9.17) is 0 Å². The van der Waals surface area contributed by atoms with Crippen LogP contribution < -0.4 is 5.32 Å². The molecule has 0 bridgehead atoms. The van der Waals surface area contributed by atoms with Gasteiger partial charge in [-0.05, 0) is 95.2 Å². The van der Waals surface area contributed by atoms with Gasteiger partial charge in [-0.2, -0.15) is 0 Å². The summed E-state index contributed by atoms with van der Waals surface area (Å²) in [5.41, 5.74) is 10.6. The topological polar surface area (TPSA) is 12.0 Å². The lowest BCUT2D eigenvalue weighted by Crippen LogP contribution is -2.01. The van der Waals surface area contributed by atoms with Crippen molar-refractivity contribution in [3.8, 4) is 0 Å². The summed E-state index contributed by atoms with van der Waals surface area (Å²) >= 11 is 0. The van der Waals surface area contributed by atoms with Crippen LogP contribution in [0.4, 0.5) is 5.69 Å². The monoisotopic (exact) mass is 646 g/mol. The van der Waals surface area contributed by atoms with Crippen LogP contribution in [0.2, 0.25) is 0 Å². The van der Waals surface area contributed by atoms with Crippen LogP contribution >= 0.6 is 0 Å². The molecule has 2 aromatic rings. The zero-order valence-electron chi connectivity index (χ0n) is 34.0. The van der Waals surface area contributed by atoms with Crippen LogP contribution in [-0.4, -0.2) is 0 Å². The fraction of sp³-hybridized carbons (Fsp3) is 0.522. The van der Waals surface area contributed by atoms with E-state index in [9.17, 15) is 0 Å². The minimum Gasteiger partial charge on any atom is -0.356 e. The summed E-state index contributed by atoms with van der Waals surface area (Å²) in [5, 5.41) is 3.38. The highest BCUT2D eigenvalue weighted by atomic mass is 14.9. The Balaban J connectivity index is -0.000000273. The van der Waals surface area contributed by atoms with Crippen LogP contribution in [0.3, 0.4) is 0 Å². The van der Waals surface area contributed by atoms with Gasteiger partial charge in [-0.3, -0.25) is 0 Å². The summed E-state index contributed by atoms with van der Waals surface area (Å²) in [6.45, 7) is 41.7. The van der Waals surface area contributed by atoms with Crippen molar-refractivity contribution in [2.45, 2.75) is 161 Å². The molecular formula is C46H79N. The third-order valence-corrected chi connectivity index (χ3v) is 7.12. The van der Waals surface area contributed by atoms with Gasteiger partial charge in [0.05, 0.1) is 0 Å². The summed E-state index contributed by atoms with van der Waals surface area (Å²) < 4.78 is 0. The van der Waals surface area contributed by atoms with Gasteiger partial charge in [-0.15, -0.1) is 6.58 Å². The predicted molar refractivity (Wildman–Crippen MR) is 224 cm³/mol. The number of hydrogen-bond acceptors (Lipinski definition) is 1. The number of rotatable bonds is 12. The molecule has 268 valence electrons. The van der Waals surface area contributed by atoms with E-state index in [0.29, 0.717) is 0 Å². The fourth-order valence-corrected chi connectivity index (χ4v) is 3.12. The molecule has 0 aromatic heterocycles. The van der Waals surface area contributed by atoms with Gasteiger partial charge in [0, 0.05) is 11.4 Å². The smallest absolute Gasteiger partial charge is 0.0419 e. The fourth-order valence-electron chi connectivity index (χ4n) is 3.12. The van der Waals surface area contributed by atoms with Crippen molar-refractivity contribution < 1.29 is 0 Å². The molecular weight excluding hydrogens is 567 g/mol. The number of allylic oxidation sites excluding steroid dienone is 6. The van der Waals surface area contributed by atoms with E-state index in [2.05, 4.69) is 144 Å². The zero-order valence-corrected chi connectivity index (χ0v) is 34.0. The Morgan fingerprint density at radius 3 is 1.40 bits per heavy atom. The van der Waals surface area contributed by atoms with Crippen LogP contribution in [0.1, 0.15) is 163 Å². The van der Waals surface area contributed by atoms with Gasteiger partial charge in [0.1, 0.15) is 0 Å². The number of anilines is 1. The maximum atomic E-state index is 4.08. The number of hydrogen-bond donors (Lipinski definition) is 1. The second-order valence-corrected chi connectivity index (χ2v) is 12.3. The molecule has 2 rings (SSSR count). The van der Waals surface area contributed by atoms with E-state index in [1.54, 1.807) is 0 Å². The van der Waals surface area contributed by atoms with Crippen LogP contribution in [0.15, 0.2) is 97.3 Å². The molecule has 47 heavy (non-hydrogen) atoms. The predicted octanol–water partition coefficient (Wildman–Crippen LogP) is 16.3. The average Bonchev–Trinajstić information content (AvgIpc) is 3.06. The Kier molecular flexibility index (Phi) is 40.4. The molecule has 1 heteroatoms. The maximum absolute atomic E-state index is 4.08. The lowest BCUT2D eigenvalue weighted by atomic mass is 10.0. The third kappa shape index (κ3) is 35.6. The van der Waals surface area contributed by atoms with Crippen LogP contribution in [-0.2, 0) is 0 Å². The van der Waals surface area contributed by atoms with Crippen molar-refractivity contribution in [1.29, 1.82) is 0 Å². The van der Waals surface area contributed by atoms with Gasteiger partial charge in [0.15, 0.2) is 0 Å². The Morgan fingerprint density at radius 1 is 0.638 bits per heavy atom. The standard InChI is InChI=1S/C18H23N.C8H10.C7H14.C5H12.2C4H10/c1-7-8-9-14(4)16(6)19-18-12-17(13(2)3)11-10-15(18)5;1-7-5-3-4-6-8(7)2;1-4-5-6-7(2)3;1-3-5-4-2;2*1-3-4-2/h7-12,19H,2,6H2,1,3-5H3;3-6H,1-2H3;2,4-6H2,1,3H3;3-5H2,1-2H3;2*3-4H2,1-2H3/b8-7-,14-9+;;;;;. The first-order chi connectivity index (χ1) is 22.3. The normalized spacial score (nSPS) is 9.79. The lowest BCUT2D eigenvalue weighted by molar-refractivity contribution is 0.772. The van der Waals surface area contributed by atoms with E-state index in [1.165, 1.54) is 86.5 Å². The first-order valence-electron chi connectivity index (χ1n) is 18.5. The lowest BCUT2D eigenvalue weighted by Gasteiger charge is -2.14. The highest BCUT2D eigenvalue weighted by Crippen LogP contribution is 2.23. The molecule has 1 nitrogen and oxygen atoms in total. The van der Waals surface area contributed by atoms with Gasteiger partial charge in [0.2, 0.25) is 0 Å². The maximum Gasteiger partial charge on any atom is 0.0419 e. The van der Waals surface area contributed by atoms with Gasteiger partial charge in [-0.1, -0.05) is 179 Å². The molecule has 0 unspecified atom stereocenters. The molecule has 0 atom stereocenters. The molecule has 0 fully saturated rings. The third-order valence-electron chi connectivity index (χ3n) is 7.12. The molecule has 0 saturated carbocycles. The Bertz CT molecular complexity index is 1060. The summed E-state index contributed by atoms with van der Waals surface area (Å²) in [6.07, 6.45) is 19.2. The summed E-state index contributed by atoms with van der Waals surface area (Å²) in [5.74, 6) is 0. The molecule has 1 N–H and O–H groups in total. The molecule has 0 aliphatic carbocycles. The Morgan fingerprint density at radius 2 is 1.11 bits per heavy atom. The van der Waals surface area contributed by atoms with Crippen molar-refractivity contribution in [1.82, 2.24) is 0 Å². The van der Waals surface area contributed by atoms with Crippen molar-refractivity contribution in [2.75, 3.05) is 5.32 Å². The first kappa shape index (κ1) is 50.8. The van der Waals surface area contributed by atoms with Gasteiger partial charge >= 0.3 is 0 Å². The van der Waals surface area contributed by atoms with Gasteiger partial charge in [0.25, 0.3) is 0 Å². The SMILES string of the molecule is C=C(C)CCCC.C=C(Nc1cc(C(=C)C)ccc1C)/C(C)=C/C=C\C.CCCC.CCCC.CCCCC.Cc1ccccc1C. The second kappa shape index (κ2) is 37.4. The van der Waals surface area contributed by atoms with Crippen LogP contribution in [0.5, 0.6) is 0 Å². The van der Waals surface area contributed by atoms with E-state index in [0.717, 1.165) is 28.1 Å². The highest BCUT2D eigenvalue weighted by Gasteiger charge is 2.03. The van der Waals surface area contributed by atoms with Crippen molar-refractivity contribution in [3.05, 3.63) is 120 Å². The van der Waals surface area contributed by atoms with Crippen molar-refractivity contribution in [2.24, 2.45) is 0 Å². The number of benzene rings is 2. The largest absolute Gasteiger partial charge is 0.356 e. The van der Waals surface area contributed by atoms with Crippen LogP contribution in [0.25, 0.3) is 5.57 Å². The van der Waals surface area contributed by atoms with Crippen molar-refractivity contribution in [3.63, 3.8) is 0 Å². The molecule has 0 amide bonds. The molecule has 0 spiro atoms. The summed E-state index contributed by atoms with van der Waals surface area (Å²) in [6, 6.07) is 14.7. The quantitative estimate of drug-likeness (QED) is 0.179. The highest BCUT2D eigenvalue weighted by molar-refractivity contribution is 5.69. The second-order valence-electron chi connectivity index (χ2n) is 12.3. The Hall–Kier alpha value is -3.06. The summed E-state index contributed by atoms with van der Waals surface area (Å²) in [7, 11) is 0. The van der Waals surface area contributed by atoms with Crippen molar-refractivity contribution >= 4 is 11.3 Å². The molecule has 0 aliphatic rings. The Labute approximate surface area is 296 Å². The minimum atomic E-state index is 0.917. The first-order valence-corrected chi connectivity index (χ1v) is 18.5. The zero-order chi connectivity index (χ0) is 37.0. The molecule has 0 radical (unpaired) electrons. The van der Waals surface area contributed by atoms with E-state index in [1.807, 2.05) is 39.0 Å². The number of nitrogens with one attached hydrogen (secondary N) is 1. The van der Waals surface area contributed by atoms with E-state index >= 15 is 0 Å². The molecule has 2 aromatic carbocycles. The number of aryl methyl sites for hydroxylation is 3. The molecule has 0 saturated heterocycles. The van der Waals surface area contributed by atoms with Gasteiger partial charge in [-0.25, -0.2) is 0 Å². The van der Waals surface area contributed by atoms with E-state index < -0.39 is 0 Å². The molecule has 0 heterocycles. The van der Waals surface area contributed by atoms with Crippen LogP contribution in [0, 0.1) is 20.8 Å². The minimum absolute atomic E-state index is 0.917. The summed E-state index contributed by atoms with van der Waals surface area (Å²) in [4.78, 5) is 0.